The molecule has 0 saturated carbocycles. The third kappa shape index (κ3) is 4.12. The van der Waals surface area contributed by atoms with Crippen LogP contribution in [0.15, 0.2) is 12.4 Å². The average molecular weight is 224 g/mol. The molecule has 90 valence electrons. The molecule has 1 aromatic rings. The van der Waals surface area contributed by atoms with Crippen molar-refractivity contribution in [1.29, 1.82) is 0 Å². The third-order valence-corrected chi connectivity index (χ3v) is 2.35. The largest absolute Gasteiger partial charge is 0.395 e. The predicted molar refractivity (Wildman–Crippen MR) is 64.2 cm³/mol. The molecule has 0 fully saturated rings. The van der Waals surface area contributed by atoms with Gasteiger partial charge in [0.1, 0.15) is 0 Å². The molecule has 0 spiro atoms. The third-order valence-electron chi connectivity index (χ3n) is 2.35. The van der Waals surface area contributed by atoms with Crippen LogP contribution < -0.4 is 10.6 Å². The Morgan fingerprint density at radius 3 is 2.50 bits per heavy atom. The number of nitrogens with one attached hydrogen (secondary N) is 2. The zero-order valence-corrected chi connectivity index (χ0v) is 9.90. The summed E-state index contributed by atoms with van der Waals surface area (Å²) in [6.45, 7) is 5.71. The maximum atomic E-state index is 9.01. The monoisotopic (exact) mass is 224 g/mol. The molecule has 5 nitrogen and oxygen atoms in total. The van der Waals surface area contributed by atoms with E-state index in [4.69, 9.17) is 5.11 Å². The molecule has 0 amide bonds. The van der Waals surface area contributed by atoms with E-state index in [9.17, 15) is 0 Å². The number of hydrogen-bond acceptors (Lipinski definition) is 5. The highest BCUT2D eigenvalue weighted by Crippen LogP contribution is 2.00. The van der Waals surface area contributed by atoms with Crippen LogP contribution in [-0.2, 0) is 6.54 Å². The number of aliphatic hydroxyl groups excluding tert-OH is 1. The van der Waals surface area contributed by atoms with Crippen LogP contribution in [0.25, 0.3) is 0 Å². The van der Waals surface area contributed by atoms with Crippen molar-refractivity contribution in [1.82, 2.24) is 15.3 Å². The molecule has 1 aromatic heterocycles. The molecule has 0 aliphatic carbocycles. The van der Waals surface area contributed by atoms with Gasteiger partial charge in [0.25, 0.3) is 0 Å². The van der Waals surface area contributed by atoms with E-state index < -0.39 is 0 Å². The summed E-state index contributed by atoms with van der Waals surface area (Å²) in [4.78, 5) is 8.35. The molecular formula is C11H20N4O. The molecule has 0 bridgehead atoms. The first-order valence-corrected chi connectivity index (χ1v) is 5.69. The molecular weight excluding hydrogens is 204 g/mol. The Bertz CT molecular complexity index is 285. The topological polar surface area (TPSA) is 70.1 Å². The van der Waals surface area contributed by atoms with Crippen molar-refractivity contribution in [3.8, 4) is 0 Å². The molecule has 0 unspecified atom stereocenters. The second-order valence-electron chi connectivity index (χ2n) is 3.61. The Kier molecular flexibility index (Phi) is 5.74. The fraction of sp³-hybridized carbons (Fsp3) is 0.636. The lowest BCUT2D eigenvalue weighted by Crippen LogP contribution is -2.31. The van der Waals surface area contributed by atoms with Crippen molar-refractivity contribution in [2.24, 2.45) is 0 Å². The van der Waals surface area contributed by atoms with Gasteiger partial charge in [-0.25, -0.2) is 9.97 Å². The van der Waals surface area contributed by atoms with Crippen molar-refractivity contribution in [2.75, 3.05) is 18.5 Å². The fourth-order valence-electron chi connectivity index (χ4n) is 1.30. The molecule has 1 atom stereocenters. The molecule has 1 heterocycles. The van der Waals surface area contributed by atoms with E-state index in [0.717, 1.165) is 18.5 Å². The van der Waals surface area contributed by atoms with Gasteiger partial charge in [-0.2, -0.15) is 0 Å². The first-order valence-electron chi connectivity index (χ1n) is 5.69. The minimum atomic E-state index is 0.147. The fourth-order valence-corrected chi connectivity index (χ4v) is 1.30. The van der Waals surface area contributed by atoms with Crippen molar-refractivity contribution < 1.29 is 5.11 Å². The van der Waals surface area contributed by atoms with E-state index in [1.807, 2.05) is 13.8 Å². The normalized spacial score (nSPS) is 12.4. The second kappa shape index (κ2) is 7.14. The summed E-state index contributed by atoms with van der Waals surface area (Å²) >= 11 is 0. The van der Waals surface area contributed by atoms with E-state index in [1.165, 1.54) is 0 Å². The smallest absolute Gasteiger partial charge is 0.222 e. The van der Waals surface area contributed by atoms with Gasteiger partial charge in [-0.15, -0.1) is 0 Å². The highest BCUT2D eigenvalue weighted by atomic mass is 16.3. The van der Waals surface area contributed by atoms with Crippen LogP contribution in [0.3, 0.4) is 0 Å². The summed E-state index contributed by atoms with van der Waals surface area (Å²) in [5.41, 5.74) is 1.02. The van der Waals surface area contributed by atoms with E-state index in [1.54, 1.807) is 12.4 Å². The minimum absolute atomic E-state index is 0.147. The van der Waals surface area contributed by atoms with Gasteiger partial charge in [0, 0.05) is 37.1 Å². The van der Waals surface area contributed by atoms with Gasteiger partial charge < -0.3 is 15.7 Å². The SMILES string of the molecule is CCNc1ncc(CN[C@@H](CC)CO)cn1. The maximum absolute atomic E-state index is 9.01. The standard InChI is InChI=1S/C11H20N4O/c1-3-10(8-16)13-5-9-6-14-11(12-4-2)15-7-9/h6-7,10,13,16H,3-5,8H2,1-2H3,(H,12,14,15)/t10-/m0/s1. The Labute approximate surface area is 96.3 Å². The van der Waals surface area contributed by atoms with Crippen LogP contribution in [0, 0.1) is 0 Å². The van der Waals surface area contributed by atoms with Gasteiger partial charge in [0.05, 0.1) is 6.61 Å². The first kappa shape index (κ1) is 12.9. The molecule has 5 heteroatoms. The van der Waals surface area contributed by atoms with Gasteiger partial charge in [0.15, 0.2) is 0 Å². The van der Waals surface area contributed by atoms with Gasteiger partial charge in [-0.1, -0.05) is 6.92 Å². The van der Waals surface area contributed by atoms with Crippen molar-refractivity contribution in [3.63, 3.8) is 0 Å². The molecule has 0 aliphatic heterocycles. The molecule has 1 rings (SSSR count). The summed E-state index contributed by atoms with van der Waals surface area (Å²) in [5, 5.41) is 15.3. The molecule has 0 aliphatic rings. The summed E-state index contributed by atoms with van der Waals surface area (Å²) in [5.74, 6) is 0.653. The quantitative estimate of drug-likeness (QED) is 0.638. The number of aromatic nitrogens is 2. The molecule has 3 N–H and O–H groups in total. The maximum Gasteiger partial charge on any atom is 0.222 e. The number of hydrogen-bond donors (Lipinski definition) is 3. The molecule has 16 heavy (non-hydrogen) atoms. The van der Waals surface area contributed by atoms with Crippen LogP contribution in [-0.4, -0.2) is 34.3 Å². The van der Waals surface area contributed by atoms with Gasteiger partial charge in [-0.3, -0.25) is 0 Å². The molecule has 0 saturated heterocycles. The zero-order valence-electron chi connectivity index (χ0n) is 9.90. The van der Waals surface area contributed by atoms with E-state index in [0.29, 0.717) is 12.5 Å². The highest BCUT2D eigenvalue weighted by molar-refractivity contribution is 5.24. The number of aliphatic hydroxyl groups is 1. The summed E-state index contributed by atoms with van der Waals surface area (Å²) in [6, 6.07) is 0.147. The summed E-state index contributed by atoms with van der Waals surface area (Å²) < 4.78 is 0. The first-order chi connectivity index (χ1) is 7.80. The van der Waals surface area contributed by atoms with Crippen LogP contribution in [0.1, 0.15) is 25.8 Å². The van der Waals surface area contributed by atoms with Crippen LogP contribution in [0.2, 0.25) is 0 Å². The Balaban J connectivity index is 2.42. The van der Waals surface area contributed by atoms with Crippen molar-refractivity contribution >= 4 is 5.95 Å². The van der Waals surface area contributed by atoms with Crippen LogP contribution >= 0.6 is 0 Å². The average Bonchev–Trinajstić information content (AvgIpc) is 2.33. The Morgan fingerprint density at radius 2 is 2.00 bits per heavy atom. The predicted octanol–water partition coefficient (Wildman–Crippen LogP) is 0.769. The molecule has 0 radical (unpaired) electrons. The minimum Gasteiger partial charge on any atom is -0.395 e. The lowest BCUT2D eigenvalue weighted by atomic mass is 10.2. The Hall–Kier alpha value is -1.20. The van der Waals surface area contributed by atoms with Gasteiger partial charge in [-0.05, 0) is 13.3 Å². The summed E-state index contributed by atoms with van der Waals surface area (Å²) in [6.07, 6.45) is 4.50. The lowest BCUT2D eigenvalue weighted by molar-refractivity contribution is 0.238. The van der Waals surface area contributed by atoms with Crippen LogP contribution in [0.4, 0.5) is 5.95 Å². The number of nitrogens with zero attached hydrogens (tertiary/aromatic N) is 2. The van der Waals surface area contributed by atoms with Gasteiger partial charge in [0.2, 0.25) is 5.95 Å². The Morgan fingerprint density at radius 1 is 1.31 bits per heavy atom. The van der Waals surface area contributed by atoms with Crippen molar-refractivity contribution in [3.05, 3.63) is 18.0 Å². The number of anilines is 1. The second-order valence-corrected chi connectivity index (χ2v) is 3.61. The van der Waals surface area contributed by atoms with Crippen LogP contribution in [0.5, 0.6) is 0 Å². The lowest BCUT2D eigenvalue weighted by Gasteiger charge is -2.13. The van der Waals surface area contributed by atoms with E-state index >= 15 is 0 Å². The zero-order chi connectivity index (χ0) is 11.8. The van der Waals surface area contributed by atoms with E-state index in [-0.39, 0.29) is 12.6 Å². The van der Waals surface area contributed by atoms with Gasteiger partial charge >= 0.3 is 0 Å². The number of rotatable bonds is 7. The molecule has 0 aromatic carbocycles. The highest BCUT2D eigenvalue weighted by Gasteiger charge is 2.03. The summed E-state index contributed by atoms with van der Waals surface area (Å²) in [7, 11) is 0. The van der Waals surface area contributed by atoms with Crippen molar-refractivity contribution in [2.45, 2.75) is 32.9 Å². The van der Waals surface area contributed by atoms with E-state index in [2.05, 4.69) is 20.6 Å².